The second-order valence-electron chi connectivity index (χ2n) is 5.48. The molecule has 0 aliphatic rings. The lowest BCUT2D eigenvalue weighted by atomic mass is 10.2. The Morgan fingerprint density at radius 1 is 1.25 bits per heavy atom. The first kappa shape index (κ1) is 16.0. The molecule has 124 valence electrons. The molecule has 6 heteroatoms. The summed E-state index contributed by atoms with van der Waals surface area (Å²) in [7, 11) is 1.30. The number of halogens is 1. The molecule has 5 nitrogen and oxygen atoms in total. The second-order valence-corrected chi connectivity index (χ2v) is 5.48. The molecule has 0 spiro atoms. The van der Waals surface area contributed by atoms with Crippen LogP contribution in [0.5, 0.6) is 5.75 Å². The van der Waals surface area contributed by atoms with Gasteiger partial charge in [-0.2, -0.15) is 0 Å². The summed E-state index contributed by atoms with van der Waals surface area (Å²) in [4.78, 5) is 15.9. The van der Waals surface area contributed by atoms with Gasteiger partial charge in [-0.1, -0.05) is 6.07 Å². The summed E-state index contributed by atoms with van der Waals surface area (Å²) < 4.78 is 30.3. The first-order valence-electron chi connectivity index (χ1n) is 7.44. The van der Waals surface area contributed by atoms with E-state index in [2.05, 4.69) is 9.72 Å². The number of benzene rings is 2. The number of carbonyl (C=O) groups excluding carboxylic acids is 1. The molecule has 0 atom stereocenters. The fourth-order valence-electron chi connectivity index (χ4n) is 2.31. The zero-order chi connectivity index (χ0) is 17.3. The maximum atomic E-state index is 14.6. The number of rotatable bonds is 4. The van der Waals surface area contributed by atoms with Gasteiger partial charge in [0.25, 0.3) is 0 Å². The SMILES string of the molecule is COC(=O)c1ccc2nc(-c3cccc(OC(C)C)c3F)oc2c1. The van der Waals surface area contributed by atoms with Crippen molar-refractivity contribution in [3.05, 3.63) is 47.8 Å². The number of ether oxygens (including phenoxy) is 2. The number of hydrogen-bond acceptors (Lipinski definition) is 5. The Morgan fingerprint density at radius 3 is 2.75 bits per heavy atom. The van der Waals surface area contributed by atoms with E-state index in [1.54, 1.807) is 30.3 Å². The Hall–Kier alpha value is -2.89. The number of oxazole rings is 1. The van der Waals surface area contributed by atoms with Crippen molar-refractivity contribution in [2.24, 2.45) is 0 Å². The molecule has 0 radical (unpaired) electrons. The number of aromatic nitrogens is 1. The van der Waals surface area contributed by atoms with Crippen LogP contribution in [0.2, 0.25) is 0 Å². The Kier molecular flexibility index (Phi) is 4.20. The average Bonchev–Trinajstić information content (AvgIpc) is 2.98. The van der Waals surface area contributed by atoms with Crippen molar-refractivity contribution in [1.82, 2.24) is 4.98 Å². The maximum Gasteiger partial charge on any atom is 0.337 e. The highest BCUT2D eigenvalue weighted by Crippen LogP contribution is 2.31. The topological polar surface area (TPSA) is 61.6 Å². The molecular formula is C18H16FNO4. The lowest BCUT2D eigenvalue weighted by molar-refractivity contribution is 0.0601. The summed E-state index contributed by atoms with van der Waals surface area (Å²) in [5, 5.41) is 0. The Balaban J connectivity index is 2.05. The minimum absolute atomic E-state index is 0.124. The van der Waals surface area contributed by atoms with Crippen LogP contribution >= 0.6 is 0 Å². The molecule has 0 aliphatic carbocycles. The molecule has 24 heavy (non-hydrogen) atoms. The molecule has 0 bridgehead atoms. The first-order valence-corrected chi connectivity index (χ1v) is 7.44. The fraction of sp³-hybridized carbons (Fsp3) is 0.222. The average molecular weight is 329 g/mol. The van der Waals surface area contributed by atoms with Gasteiger partial charge in [-0.05, 0) is 44.2 Å². The summed E-state index contributed by atoms with van der Waals surface area (Å²) in [6.07, 6.45) is -0.152. The highest BCUT2D eigenvalue weighted by Gasteiger charge is 2.18. The van der Waals surface area contributed by atoms with Crippen molar-refractivity contribution in [2.75, 3.05) is 7.11 Å². The number of esters is 1. The minimum atomic E-state index is -0.536. The van der Waals surface area contributed by atoms with Gasteiger partial charge < -0.3 is 13.9 Å². The molecule has 0 unspecified atom stereocenters. The highest BCUT2D eigenvalue weighted by atomic mass is 19.1. The maximum absolute atomic E-state index is 14.6. The quantitative estimate of drug-likeness (QED) is 0.671. The second kappa shape index (κ2) is 6.31. The predicted octanol–water partition coefficient (Wildman–Crippen LogP) is 4.21. The van der Waals surface area contributed by atoms with E-state index in [4.69, 9.17) is 9.15 Å². The van der Waals surface area contributed by atoms with Crippen molar-refractivity contribution >= 4 is 17.1 Å². The summed E-state index contributed by atoms with van der Waals surface area (Å²) >= 11 is 0. The van der Waals surface area contributed by atoms with Crippen LogP contribution in [0, 0.1) is 5.82 Å². The molecule has 0 aliphatic heterocycles. The van der Waals surface area contributed by atoms with Gasteiger partial charge in [-0.15, -0.1) is 0 Å². The number of nitrogens with zero attached hydrogens (tertiary/aromatic N) is 1. The molecule has 3 rings (SSSR count). The normalized spacial score (nSPS) is 11.0. The molecule has 0 amide bonds. The highest BCUT2D eigenvalue weighted by molar-refractivity contribution is 5.93. The molecule has 1 aromatic heterocycles. The number of carbonyl (C=O) groups is 1. The van der Waals surface area contributed by atoms with Gasteiger partial charge in [0.05, 0.1) is 24.3 Å². The molecule has 3 aromatic rings. The van der Waals surface area contributed by atoms with Gasteiger partial charge in [0.15, 0.2) is 17.1 Å². The van der Waals surface area contributed by atoms with Crippen LogP contribution in [0.3, 0.4) is 0 Å². The van der Waals surface area contributed by atoms with Crippen molar-refractivity contribution in [2.45, 2.75) is 20.0 Å². The Labute approximate surface area is 138 Å². The molecule has 0 fully saturated rings. The number of methoxy groups -OCH3 is 1. The van der Waals surface area contributed by atoms with E-state index in [1.165, 1.54) is 13.2 Å². The third kappa shape index (κ3) is 2.95. The van der Waals surface area contributed by atoms with Crippen LogP contribution in [-0.4, -0.2) is 24.2 Å². The summed E-state index contributed by atoms with van der Waals surface area (Å²) in [6.45, 7) is 3.64. The van der Waals surface area contributed by atoms with Crippen molar-refractivity contribution in [3.63, 3.8) is 0 Å². The zero-order valence-corrected chi connectivity index (χ0v) is 13.5. The molecule has 1 heterocycles. The Morgan fingerprint density at radius 2 is 2.04 bits per heavy atom. The number of fused-ring (bicyclic) bond motifs is 1. The summed E-state index contributed by atoms with van der Waals surface area (Å²) in [6, 6.07) is 9.51. The number of hydrogen-bond donors (Lipinski definition) is 0. The van der Waals surface area contributed by atoms with Gasteiger partial charge in [-0.3, -0.25) is 0 Å². The summed E-state index contributed by atoms with van der Waals surface area (Å²) in [5.74, 6) is -0.752. The van der Waals surface area contributed by atoms with E-state index in [0.717, 1.165) is 0 Å². The molecule has 0 saturated carbocycles. The fourth-order valence-corrected chi connectivity index (χ4v) is 2.31. The van der Waals surface area contributed by atoms with E-state index in [1.807, 2.05) is 13.8 Å². The lowest BCUT2D eigenvalue weighted by Crippen LogP contribution is -2.07. The Bertz CT molecular complexity index is 901. The van der Waals surface area contributed by atoms with Crippen LogP contribution in [0.25, 0.3) is 22.6 Å². The zero-order valence-electron chi connectivity index (χ0n) is 13.5. The first-order chi connectivity index (χ1) is 11.5. The van der Waals surface area contributed by atoms with Crippen LogP contribution in [-0.2, 0) is 4.74 Å². The smallest absolute Gasteiger partial charge is 0.337 e. The lowest BCUT2D eigenvalue weighted by Gasteiger charge is -2.11. The van der Waals surface area contributed by atoms with Crippen molar-refractivity contribution in [1.29, 1.82) is 0 Å². The van der Waals surface area contributed by atoms with Crippen molar-refractivity contribution < 1.29 is 23.1 Å². The van der Waals surface area contributed by atoms with Gasteiger partial charge in [-0.25, -0.2) is 14.2 Å². The molecule has 0 N–H and O–H groups in total. The van der Waals surface area contributed by atoms with Gasteiger partial charge in [0.1, 0.15) is 5.52 Å². The van der Waals surface area contributed by atoms with E-state index >= 15 is 0 Å². The molecule has 2 aromatic carbocycles. The van der Waals surface area contributed by atoms with E-state index < -0.39 is 11.8 Å². The van der Waals surface area contributed by atoms with E-state index in [-0.39, 0.29) is 23.3 Å². The van der Waals surface area contributed by atoms with E-state index in [9.17, 15) is 9.18 Å². The third-order valence-electron chi connectivity index (χ3n) is 3.37. The largest absolute Gasteiger partial charge is 0.488 e. The minimum Gasteiger partial charge on any atom is -0.488 e. The third-order valence-corrected chi connectivity index (χ3v) is 3.37. The monoisotopic (exact) mass is 329 g/mol. The van der Waals surface area contributed by atoms with Gasteiger partial charge in [0, 0.05) is 0 Å². The van der Waals surface area contributed by atoms with Crippen LogP contribution in [0.1, 0.15) is 24.2 Å². The van der Waals surface area contributed by atoms with E-state index in [0.29, 0.717) is 16.7 Å². The standard InChI is InChI=1S/C18H16FNO4/c1-10(2)23-14-6-4-5-12(16(14)19)17-20-13-8-7-11(18(21)22-3)9-15(13)24-17/h4-10H,1-3H3. The molecule has 0 saturated heterocycles. The van der Waals surface area contributed by atoms with Crippen LogP contribution < -0.4 is 4.74 Å². The molecular weight excluding hydrogens is 313 g/mol. The summed E-state index contributed by atoms with van der Waals surface area (Å²) in [5.41, 5.74) is 1.43. The predicted molar refractivity (Wildman–Crippen MR) is 86.5 cm³/mol. The van der Waals surface area contributed by atoms with Gasteiger partial charge in [0.2, 0.25) is 5.89 Å². The van der Waals surface area contributed by atoms with Gasteiger partial charge >= 0.3 is 5.97 Å². The van der Waals surface area contributed by atoms with Crippen LogP contribution in [0.4, 0.5) is 4.39 Å². The van der Waals surface area contributed by atoms with Crippen molar-refractivity contribution in [3.8, 4) is 17.2 Å². The van der Waals surface area contributed by atoms with Crippen LogP contribution in [0.15, 0.2) is 40.8 Å².